The molecule has 5 nitrogen and oxygen atoms in total. The number of aromatic nitrogens is 2. The second-order valence-corrected chi connectivity index (χ2v) is 6.04. The monoisotopic (exact) mass is 308 g/mol. The molecule has 0 aliphatic carbocycles. The van der Waals surface area contributed by atoms with Gasteiger partial charge in [0.2, 0.25) is 5.95 Å². The van der Waals surface area contributed by atoms with Crippen LogP contribution in [-0.4, -0.2) is 45.9 Å². The van der Waals surface area contributed by atoms with Crippen molar-refractivity contribution < 1.29 is 9.18 Å². The highest BCUT2D eigenvalue weighted by Gasteiger charge is 2.41. The summed E-state index contributed by atoms with van der Waals surface area (Å²) < 4.78 is 15.7. The molecule has 0 unspecified atom stereocenters. The molecule has 2 aliphatic rings. The van der Waals surface area contributed by atoms with E-state index >= 15 is 0 Å². The topological polar surface area (TPSA) is 49.6 Å². The summed E-state index contributed by atoms with van der Waals surface area (Å²) in [6, 6.07) is 3.39. The van der Waals surface area contributed by atoms with Gasteiger partial charge in [-0.25, -0.2) is 4.98 Å². The lowest BCUT2D eigenvalue weighted by molar-refractivity contribution is 0.0726. The number of likely N-dealkylation sites (tertiary alicyclic amines) is 1. The third-order valence-corrected chi connectivity index (χ3v) is 4.66. The molecule has 21 heavy (non-hydrogen) atoms. The molecule has 2 atom stereocenters. The van der Waals surface area contributed by atoms with Gasteiger partial charge in [0.15, 0.2) is 5.69 Å². The largest absolute Gasteiger partial charge is 0.333 e. The zero-order valence-electron chi connectivity index (χ0n) is 11.2. The van der Waals surface area contributed by atoms with Crippen molar-refractivity contribution in [2.45, 2.75) is 12.5 Å². The van der Waals surface area contributed by atoms with Crippen molar-refractivity contribution in [3.63, 3.8) is 0 Å². The number of hydrogen-bond acceptors (Lipinski definition) is 3. The van der Waals surface area contributed by atoms with Crippen molar-refractivity contribution in [2.75, 3.05) is 19.6 Å². The molecule has 2 aliphatic heterocycles. The minimum absolute atomic E-state index is 0.121. The van der Waals surface area contributed by atoms with Crippen LogP contribution in [0.1, 0.15) is 16.9 Å². The maximum absolute atomic E-state index is 14.4. The number of hydrogen-bond donors (Lipinski definition) is 1. The van der Waals surface area contributed by atoms with E-state index < -0.39 is 5.95 Å². The highest BCUT2D eigenvalue weighted by molar-refractivity contribution is 6.30. The number of carbonyl (C=O) groups is 1. The molecule has 110 valence electrons. The molecule has 1 N–H and O–H groups in total. The summed E-state index contributed by atoms with van der Waals surface area (Å²) in [4.78, 5) is 18.5. The second kappa shape index (κ2) is 4.68. The Balaban J connectivity index is 1.73. The van der Waals surface area contributed by atoms with E-state index in [2.05, 4.69) is 10.3 Å². The van der Waals surface area contributed by atoms with Gasteiger partial charge in [0.25, 0.3) is 5.91 Å². The summed E-state index contributed by atoms with van der Waals surface area (Å²) in [6.07, 6.45) is 2.39. The minimum Gasteiger partial charge on any atom is -0.333 e. The maximum Gasteiger partial charge on any atom is 0.277 e. The third kappa shape index (κ3) is 1.93. The zero-order valence-corrected chi connectivity index (χ0v) is 12.0. The summed E-state index contributed by atoms with van der Waals surface area (Å²) in [7, 11) is 0. The van der Waals surface area contributed by atoms with Crippen LogP contribution in [-0.2, 0) is 0 Å². The second-order valence-electron chi connectivity index (χ2n) is 5.60. The van der Waals surface area contributed by atoms with E-state index in [-0.39, 0.29) is 17.6 Å². The van der Waals surface area contributed by atoms with Crippen LogP contribution in [0.15, 0.2) is 18.3 Å². The Bertz CT molecular complexity index is 731. The van der Waals surface area contributed by atoms with E-state index in [0.29, 0.717) is 23.1 Å². The molecule has 1 amide bonds. The Kier molecular flexibility index (Phi) is 2.90. The minimum atomic E-state index is -0.646. The number of imidazole rings is 1. The molecular formula is C14H14ClFN4O. The van der Waals surface area contributed by atoms with Crippen LogP contribution in [0.2, 0.25) is 5.02 Å². The molecule has 0 aromatic carbocycles. The lowest BCUT2D eigenvalue weighted by Crippen LogP contribution is -2.39. The molecule has 2 aromatic heterocycles. The van der Waals surface area contributed by atoms with Gasteiger partial charge in [-0.3, -0.25) is 9.20 Å². The van der Waals surface area contributed by atoms with E-state index in [4.69, 9.17) is 11.6 Å². The van der Waals surface area contributed by atoms with Crippen LogP contribution in [0.3, 0.4) is 0 Å². The summed E-state index contributed by atoms with van der Waals surface area (Å²) in [5, 5.41) is 3.68. The van der Waals surface area contributed by atoms with Gasteiger partial charge in [0.1, 0.15) is 5.65 Å². The van der Waals surface area contributed by atoms with Gasteiger partial charge >= 0.3 is 0 Å². The van der Waals surface area contributed by atoms with Gasteiger partial charge in [-0.1, -0.05) is 11.6 Å². The van der Waals surface area contributed by atoms with E-state index in [1.54, 1.807) is 17.0 Å². The van der Waals surface area contributed by atoms with Crippen molar-refractivity contribution in [1.29, 1.82) is 0 Å². The zero-order chi connectivity index (χ0) is 14.6. The van der Waals surface area contributed by atoms with Gasteiger partial charge in [-0.15, -0.1) is 0 Å². The van der Waals surface area contributed by atoms with Crippen LogP contribution in [0, 0.1) is 11.9 Å². The fourth-order valence-corrected chi connectivity index (χ4v) is 3.52. The molecule has 4 heterocycles. The number of nitrogens with zero attached hydrogens (tertiary/aromatic N) is 3. The molecule has 0 saturated carbocycles. The number of pyridine rings is 1. The summed E-state index contributed by atoms with van der Waals surface area (Å²) in [5.41, 5.74) is 0.269. The van der Waals surface area contributed by atoms with Crippen molar-refractivity contribution in [1.82, 2.24) is 19.6 Å². The molecule has 2 saturated heterocycles. The van der Waals surface area contributed by atoms with Crippen molar-refractivity contribution in [2.24, 2.45) is 5.92 Å². The summed E-state index contributed by atoms with van der Waals surface area (Å²) in [6.45, 7) is 2.37. The summed E-state index contributed by atoms with van der Waals surface area (Å²) in [5.74, 6) is -0.501. The normalized spacial score (nSPS) is 24.8. The molecule has 0 spiro atoms. The standard InChI is InChI=1S/C14H14ClFN4O/c15-9-1-2-11-18-12(13(16)20(11)7-9)14(21)19-4-3-8-5-17-6-10(8)19/h1-2,7-8,10,17H,3-6H2/t8-,10+/m0/s1. The first-order chi connectivity index (χ1) is 10.1. The predicted molar refractivity (Wildman–Crippen MR) is 76.0 cm³/mol. The number of fused-ring (bicyclic) bond motifs is 2. The van der Waals surface area contributed by atoms with Crippen molar-refractivity contribution in [3.05, 3.63) is 35.0 Å². The third-order valence-electron chi connectivity index (χ3n) is 4.43. The van der Waals surface area contributed by atoms with Crippen molar-refractivity contribution in [3.8, 4) is 0 Å². The van der Waals surface area contributed by atoms with Gasteiger partial charge in [-0.2, -0.15) is 4.39 Å². The molecule has 2 fully saturated rings. The van der Waals surface area contributed by atoms with E-state index in [9.17, 15) is 9.18 Å². The van der Waals surface area contributed by atoms with Crippen LogP contribution in [0.5, 0.6) is 0 Å². The van der Waals surface area contributed by atoms with E-state index in [0.717, 1.165) is 19.5 Å². The Labute approximate surface area is 125 Å². The fourth-order valence-electron chi connectivity index (χ4n) is 3.36. The van der Waals surface area contributed by atoms with Crippen LogP contribution in [0.4, 0.5) is 4.39 Å². The molecule has 0 bridgehead atoms. The van der Waals surface area contributed by atoms with Crippen LogP contribution in [0.25, 0.3) is 5.65 Å². The van der Waals surface area contributed by atoms with Gasteiger partial charge in [0.05, 0.1) is 5.02 Å². The van der Waals surface area contributed by atoms with Gasteiger partial charge in [-0.05, 0) is 24.5 Å². The first kappa shape index (κ1) is 13.0. The maximum atomic E-state index is 14.4. The molecule has 4 rings (SSSR count). The number of nitrogens with one attached hydrogen (secondary N) is 1. The average molecular weight is 309 g/mol. The SMILES string of the molecule is O=C(c1nc2ccc(Cl)cn2c1F)N1CC[C@H]2CNC[C@H]21. The number of rotatable bonds is 1. The highest BCUT2D eigenvalue weighted by atomic mass is 35.5. The molecule has 7 heteroatoms. The highest BCUT2D eigenvalue weighted by Crippen LogP contribution is 2.29. The van der Waals surface area contributed by atoms with E-state index in [1.165, 1.54) is 10.6 Å². The molecule has 0 radical (unpaired) electrons. The lowest BCUT2D eigenvalue weighted by Gasteiger charge is -2.22. The predicted octanol–water partition coefficient (Wildman–Crippen LogP) is 1.56. The number of carbonyl (C=O) groups excluding carboxylic acids is 1. The Morgan fingerprint density at radius 3 is 3.14 bits per heavy atom. The first-order valence-corrected chi connectivity index (χ1v) is 7.38. The smallest absolute Gasteiger partial charge is 0.277 e. The van der Waals surface area contributed by atoms with Crippen molar-refractivity contribution >= 4 is 23.2 Å². The molecular weight excluding hydrogens is 295 g/mol. The number of halogens is 2. The van der Waals surface area contributed by atoms with Gasteiger partial charge < -0.3 is 10.2 Å². The van der Waals surface area contributed by atoms with Crippen LogP contribution >= 0.6 is 11.6 Å². The summed E-state index contributed by atoms with van der Waals surface area (Å²) >= 11 is 5.86. The van der Waals surface area contributed by atoms with Gasteiger partial charge in [0, 0.05) is 31.9 Å². The molecule has 2 aromatic rings. The number of amides is 1. The Morgan fingerprint density at radius 2 is 2.29 bits per heavy atom. The van der Waals surface area contributed by atoms with Crippen LogP contribution < -0.4 is 5.32 Å². The fraction of sp³-hybridized carbons (Fsp3) is 0.429. The van der Waals surface area contributed by atoms with E-state index in [1.807, 2.05) is 0 Å². The average Bonchev–Trinajstić information content (AvgIpc) is 3.13. The first-order valence-electron chi connectivity index (χ1n) is 7.00. The Hall–Kier alpha value is -1.66. The lowest BCUT2D eigenvalue weighted by atomic mass is 10.1. The quantitative estimate of drug-likeness (QED) is 0.870. The Morgan fingerprint density at radius 1 is 1.43 bits per heavy atom.